The summed E-state index contributed by atoms with van der Waals surface area (Å²) in [7, 11) is 0. The van der Waals surface area contributed by atoms with Gasteiger partial charge in [0.25, 0.3) is 0 Å². The molecule has 0 aliphatic carbocycles. The number of rotatable bonds is 5. The highest BCUT2D eigenvalue weighted by Crippen LogP contribution is 2.17. The van der Waals surface area contributed by atoms with Crippen LogP contribution in [-0.2, 0) is 6.54 Å². The van der Waals surface area contributed by atoms with Crippen LogP contribution in [0.25, 0.3) is 0 Å². The largest absolute Gasteiger partial charge is 0.453 e. The van der Waals surface area contributed by atoms with Crippen LogP contribution in [-0.4, -0.2) is 42.0 Å². The molecular formula is C14H20BrN3O. The van der Waals surface area contributed by atoms with Crippen molar-refractivity contribution in [3.05, 3.63) is 22.6 Å². The van der Waals surface area contributed by atoms with E-state index in [1.54, 1.807) is 0 Å². The molecule has 0 N–H and O–H groups in total. The van der Waals surface area contributed by atoms with Crippen molar-refractivity contribution in [3.8, 4) is 6.07 Å². The standard InChI is InChI=1S/C14H20BrN3O/c1-2-3-12(10-16)18-8-6-17(7-9-18)11-13-4-5-14(15)19-13/h4-5,12H,2-3,6-9,11H2,1H3. The first-order valence-electron chi connectivity index (χ1n) is 6.83. The summed E-state index contributed by atoms with van der Waals surface area (Å²) < 4.78 is 6.32. The van der Waals surface area contributed by atoms with Crippen molar-refractivity contribution in [2.75, 3.05) is 26.2 Å². The third-order valence-electron chi connectivity index (χ3n) is 3.57. The number of nitriles is 1. The molecule has 0 aromatic carbocycles. The summed E-state index contributed by atoms with van der Waals surface area (Å²) in [5.41, 5.74) is 0. The number of halogens is 1. The maximum atomic E-state index is 9.19. The molecular weight excluding hydrogens is 306 g/mol. The van der Waals surface area contributed by atoms with Crippen LogP contribution in [0.4, 0.5) is 0 Å². The SMILES string of the molecule is CCCC(C#N)N1CCN(Cc2ccc(Br)o2)CC1. The minimum absolute atomic E-state index is 0.0879. The quantitative estimate of drug-likeness (QED) is 0.834. The van der Waals surface area contributed by atoms with E-state index in [2.05, 4.69) is 38.7 Å². The maximum absolute atomic E-state index is 9.19. The Kier molecular flexibility index (Phi) is 5.44. The van der Waals surface area contributed by atoms with Gasteiger partial charge >= 0.3 is 0 Å². The van der Waals surface area contributed by atoms with Gasteiger partial charge in [-0.25, -0.2) is 0 Å². The Balaban J connectivity index is 1.80. The lowest BCUT2D eigenvalue weighted by atomic mass is 10.1. The zero-order valence-corrected chi connectivity index (χ0v) is 12.9. The van der Waals surface area contributed by atoms with Gasteiger partial charge in [0.2, 0.25) is 0 Å². The van der Waals surface area contributed by atoms with Crippen LogP contribution in [0.2, 0.25) is 0 Å². The van der Waals surface area contributed by atoms with Crippen molar-refractivity contribution in [1.82, 2.24) is 9.80 Å². The summed E-state index contributed by atoms with van der Waals surface area (Å²) >= 11 is 3.32. The number of nitrogens with zero attached hydrogens (tertiary/aromatic N) is 3. The number of hydrogen-bond donors (Lipinski definition) is 0. The molecule has 1 saturated heterocycles. The van der Waals surface area contributed by atoms with E-state index in [1.807, 2.05) is 12.1 Å². The molecule has 0 amide bonds. The van der Waals surface area contributed by atoms with Gasteiger partial charge in [0.15, 0.2) is 4.67 Å². The van der Waals surface area contributed by atoms with E-state index >= 15 is 0 Å². The molecule has 1 unspecified atom stereocenters. The van der Waals surface area contributed by atoms with Gasteiger partial charge in [-0.1, -0.05) is 13.3 Å². The third-order valence-corrected chi connectivity index (χ3v) is 3.99. The molecule has 0 spiro atoms. The summed E-state index contributed by atoms with van der Waals surface area (Å²) in [4.78, 5) is 4.68. The molecule has 1 fully saturated rings. The van der Waals surface area contributed by atoms with E-state index in [0.717, 1.165) is 56.0 Å². The van der Waals surface area contributed by atoms with Crippen molar-refractivity contribution in [2.24, 2.45) is 0 Å². The summed E-state index contributed by atoms with van der Waals surface area (Å²) in [6.45, 7) is 6.93. The van der Waals surface area contributed by atoms with E-state index in [-0.39, 0.29) is 6.04 Å². The number of piperazine rings is 1. The van der Waals surface area contributed by atoms with Crippen LogP contribution in [0.3, 0.4) is 0 Å². The predicted molar refractivity (Wildman–Crippen MR) is 77.6 cm³/mol. The molecule has 2 rings (SSSR count). The summed E-state index contributed by atoms with van der Waals surface area (Å²) in [5.74, 6) is 0.991. The second-order valence-corrected chi connectivity index (χ2v) is 5.73. The van der Waals surface area contributed by atoms with E-state index < -0.39 is 0 Å². The maximum Gasteiger partial charge on any atom is 0.169 e. The fraction of sp³-hybridized carbons (Fsp3) is 0.643. The summed E-state index contributed by atoms with van der Waals surface area (Å²) in [6, 6.07) is 6.45. The van der Waals surface area contributed by atoms with Gasteiger partial charge in [0.1, 0.15) is 5.76 Å². The van der Waals surface area contributed by atoms with Gasteiger partial charge < -0.3 is 4.42 Å². The predicted octanol–water partition coefficient (Wildman–Crippen LogP) is 2.85. The molecule has 1 aromatic heterocycles. The average molecular weight is 326 g/mol. The van der Waals surface area contributed by atoms with Crippen LogP contribution in [0, 0.1) is 11.3 Å². The second kappa shape index (κ2) is 7.09. The molecule has 104 valence electrons. The highest BCUT2D eigenvalue weighted by molar-refractivity contribution is 9.10. The second-order valence-electron chi connectivity index (χ2n) is 4.95. The lowest BCUT2D eigenvalue weighted by Gasteiger charge is -2.36. The van der Waals surface area contributed by atoms with Gasteiger partial charge in [-0.3, -0.25) is 9.80 Å². The van der Waals surface area contributed by atoms with Crippen molar-refractivity contribution in [3.63, 3.8) is 0 Å². The Morgan fingerprint density at radius 3 is 2.63 bits per heavy atom. The van der Waals surface area contributed by atoms with Crippen molar-refractivity contribution < 1.29 is 4.42 Å². The molecule has 1 aliphatic rings. The first kappa shape index (κ1) is 14.6. The van der Waals surface area contributed by atoms with Gasteiger partial charge in [-0.2, -0.15) is 5.26 Å². The van der Waals surface area contributed by atoms with Crippen LogP contribution < -0.4 is 0 Å². The average Bonchev–Trinajstić information content (AvgIpc) is 2.82. The van der Waals surface area contributed by atoms with E-state index in [4.69, 9.17) is 4.42 Å². The van der Waals surface area contributed by atoms with Gasteiger partial charge in [-0.15, -0.1) is 0 Å². The van der Waals surface area contributed by atoms with Crippen LogP contribution >= 0.6 is 15.9 Å². The first-order valence-corrected chi connectivity index (χ1v) is 7.62. The minimum Gasteiger partial charge on any atom is -0.453 e. The molecule has 1 atom stereocenters. The van der Waals surface area contributed by atoms with Crippen LogP contribution in [0.15, 0.2) is 21.2 Å². The number of hydrogen-bond acceptors (Lipinski definition) is 4. The lowest BCUT2D eigenvalue weighted by Crippen LogP contribution is -2.49. The van der Waals surface area contributed by atoms with Crippen molar-refractivity contribution >= 4 is 15.9 Å². The monoisotopic (exact) mass is 325 g/mol. The fourth-order valence-corrected chi connectivity index (χ4v) is 2.83. The molecule has 2 heterocycles. The molecule has 0 bridgehead atoms. The molecule has 5 heteroatoms. The molecule has 1 aromatic rings. The third kappa shape index (κ3) is 4.07. The fourth-order valence-electron chi connectivity index (χ4n) is 2.49. The van der Waals surface area contributed by atoms with E-state index in [0.29, 0.717) is 0 Å². The highest BCUT2D eigenvalue weighted by Gasteiger charge is 2.23. The van der Waals surface area contributed by atoms with Crippen molar-refractivity contribution in [2.45, 2.75) is 32.4 Å². The molecule has 0 radical (unpaired) electrons. The molecule has 4 nitrogen and oxygen atoms in total. The van der Waals surface area contributed by atoms with Crippen LogP contribution in [0.1, 0.15) is 25.5 Å². The molecule has 19 heavy (non-hydrogen) atoms. The van der Waals surface area contributed by atoms with Gasteiger partial charge in [0, 0.05) is 26.2 Å². The number of furan rings is 1. The first-order chi connectivity index (χ1) is 9.22. The lowest BCUT2D eigenvalue weighted by molar-refractivity contribution is 0.101. The van der Waals surface area contributed by atoms with E-state index in [9.17, 15) is 5.26 Å². The highest BCUT2D eigenvalue weighted by atomic mass is 79.9. The molecule has 1 aliphatic heterocycles. The zero-order chi connectivity index (χ0) is 13.7. The van der Waals surface area contributed by atoms with E-state index in [1.165, 1.54) is 0 Å². The molecule has 0 saturated carbocycles. The Morgan fingerprint density at radius 2 is 2.11 bits per heavy atom. The Labute approximate surface area is 123 Å². The van der Waals surface area contributed by atoms with Crippen LogP contribution in [0.5, 0.6) is 0 Å². The normalized spacial score (nSPS) is 19.2. The Bertz CT molecular complexity index is 432. The zero-order valence-electron chi connectivity index (χ0n) is 11.3. The smallest absolute Gasteiger partial charge is 0.169 e. The Morgan fingerprint density at radius 1 is 1.37 bits per heavy atom. The Hall–Kier alpha value is -0.830. The topological polar surface area (TPSA) is 43.4 Å². The summed E-state index contributed by atoms with van der Waals surface area (Å²) in [5, 5.41) is 9.19. The van der Waals surface area contributed by atoms with Gasteiger partial charge in [-0.05, 0) is 34.5 Å². The minimum atomic E-state index is 0.0879. The van der Waals surface area contributed by atoms with Gasteiger partial charge in [0.05, 0.1) is 18.7 Å². The summed E-state index contributed by atoms with van der Waals surface area (Å²) in [6.07, 6.45) is 2.04. The van der Waals surface area contributed by atoms with Crippen molar-refractivity contribution in [1.29, 1.82) is 5.26 Å².